The molecule has 2 nitrogen and oxygen atoms in total. The van der Waals surface area contributed by atoms with Crippen LogP contribution >= 0.6 is 11.6 Å². The summed E-state index contributed by atoms with van der Waals surface area (Å²) in [6.07, 6.45) is 6.25. The van der Waals surface area contributed by atoms with E-state index >= 15 is 0 Å². The second-order valence-corrected chi connectivity index (χ2v) is 7.47. The largest absolute Gasteiger partial charge is 0.335 e. The molecule has 3 rings (SSSR count). The van der Waals surface area contributed by atoms with Crippen LogP contribution in [-0.4, -0.2) is 25.4 Å². The Bertz CT molecular complexity index is 660. The number of hydrogen-bond donors (Lipinski definition) is 1. The Morgan fingerprint density at radius 3 is 2.20 bits per heavy atom. The van der Waals surface area contributed by atoms with Gasteiger partial charge in [-0.1, -0.05) is 41.9 Å². The van der Waals surface area contributed by atoms with Gasteiger partial charge in [-0.05, 0) is 55.5 Å². The second kappa shape index (κ2) is 9.17. The standard InChI is InChI=1S/C22H26ClNO/c23-20-12-10-19(11-13-20)22(25)21(18-8-4-3-5-9-18)14-17-24-15-6-1-2-7-16-24/h3-5,8-13,21H,1-2,6-7,14-17H2/p+1. The van der Waals surface area contributed by atoms with Gasteiger partial charge in [-0.15, -0.1) is 0 Å². The van der Waals surface area contributed by atoms with E-state index < -0.39 is 0 Å². The number of ketones is 1. The molecule has 1 atom stereocenters. The summed E-state index contributed by atoms with van der Waals surface area (Å²) in [4.78, 5) is 14.8. The fourth-order valence-corrected chi connectivity index (χ4v) is 3.90. The lowest BCUT2D eigenvalue weighted by molar-refractivity contribution is -0.899. The topological polar surface area (TPSA) is 21.5 Å². The van der Waals surface area contributed by atoms with Crippen LogP contribution in [0, 0.1) is 0 Å². The zero-order valence-corrected chi connectivity index (χ0v) is 15.5. The SMILES string of the molecule is O=C(c1ccc(Cl)cc1)C(CC[NH+]1CCCCCC1)c1ccccc1. The normalized spacial score (nSPS) is 17.0. The monoisotopic (exact) mass is 356 g/mol. The predicted octanol–water partition coefficient (Wildman–Crippen LogP) is 4.16. The van der Waals surface area contributed by atoms with Crippen molar-refractivity contribution in [2.24, 2.45) is 0 Å². The smallest absolute Gasteiger partial charge is 0.170 e. The van der Waals surface area contributed by atoms with Gasteiger partial charge in [0.15, 0.2) is 5.78 Å². The number of Topliss-reactive ketones (excluding diaryl/α,β-unsaturated/α-hetero) is 1. The van der Waals surface area contributed by atoms with E-state index in [0.29, 0.717) is 5.02 Å². The quantitative estimate of drug-likeness (QED) is 0.771. The van der Waals surface area contributed by atoms with Crippen molar-refractivity contribution in [3.05, 3.63) is 70.7 Å². The van der Waals surface area contributed by atoms with E-state index in [0.717, 1.165) is 24.1 Å². The fraction of sp³-hybridized carbons (Fsp3) is 0.409. The number of likely N-dealkylation sites (tertiary alicyclic amines) is 1. The van der Waals surface area contributed by atoms with Crippen LogP contribution in [0.15, 0.2) is 54.6 Å². The highest BCUT2D eigenvalue weighted by Gasteiger charge is 2.24. The van der Waals surface area contributed by atoms with Crippen molar-refractivity contribution in [3.63, 3.8) is 0 Å². The minimum atomic E-state index is -0.0712. The molecule has 1 aliphatic rings. The molecule has 0 aromatic heterocycles. The number of nitrogens with one attached hydrogen (secondary N) is 1. The Kier molecular flexibility index (Phi) is 6.66. The number of benzene rings is 2. The predicted molar refractivity (Wildman–Crippen MR) is 104 cm³/mol. The van der Waals surface area contributed by atoms with Gasteiger partial charge >= 0.3 is 0 Å². The van der Waals surface area contributed by atoms with Crippen LogP contribution in [-0.2, 0) is 0 Å². The molecule has 1 N–H and O–H groups in total. The van der Waals surface area contributed by atoms with E-state index in [2.05, 4.69) is 12.1 Å². The summed E-state index contributed by atoms with van der Waals surface area (Å²) in [5.41, 5.74) is 1.88. The van der Waals surface area contributed by atoms with Crippen LogP contribution in [0.1, 0.15) is 53.9 Å². The Hall–Kier alpha value is -1.64. The van der Waals surface area contributed by atoms with Gasteiger partial charge < -0.3 is 4.90 Å². The van der Waals surface area contributed by atoms with E-state index in [1.54, 1.807) is 17.0 Å². The molecule has 0 aliphatic carbocycles. The Morgan fingerprint density at radius 2 is 1.56 bits per heavy atom. The summed E-state index contributed by atoms with van der Waals surface area (Å²) in [5, 5.41) is 0.668. The number of halogens is 1. The lowest BCUT2D eigenvalue weighted by Gasteiger charge is -2.21. The first kappa shape index (κ1) is 18.2. The zero-order valence-electron chi connectivity index (χ0n) is 14.7. The molecule has 25 heavy (non-hydrogen) atoms. The highest BCUT2D eigenvalue weighted by molar-refractivity contribution is 6.30. The number of carbonyl (C=O) groups is 1. The Labute approximate surface area is 155 Å². The van der Waals surface area contributed by atoms with E-state index in [1.165, 1.54) is 38.8 Å². The van der Waals surface area contributed by atoms with Gasteiger partial charge in [0, 0.05) is 17.0 Å². The van der Waals surface area contributed by atoms with Crippen LogP contribution < -0.4 is 4.90 Å². The van der Waals surface area contributed by atoms with Crippen LogP contribution in [0.25, 0.3) is 0 Å². The van der Waals surface area contributed by atoms with Crippen LogP contribution in [0.2, 0.25) is 5.02 Å². The van der Waals surface area contributed by atoms with Crippen molar-refractivity contribution < 1.29 is 9.69 Å². The Balaban J connectivity index is 1.75. The summed E-state index contributed by atoms with van der Waals surface area (Å²) < 4.78 is 0. The maximum absolute atomic E-state index is 13.1. The molecule has 0 spiro atoms. The lowest BCUT2D eigenvalue weighted by Crippen LogP contribution is -3.11. The first-order chi connectivity index (χ1) is 12.2. The van der Waals surface area contributed by atoms with Crippen molar-refractivity contribution in [2.75, 3.05) is 19.6 Å². The zero-order chi connectivity index (χ0) is 17.5. The molecule has 0 saturated carbocycles. The summed E-state index contributed by atoms with van der Waals surface area (Å²) in [5.74, 6) is 0.134. The van der Waals surface area contributed by atoms with Crippen molar-refractivity contribution in [1.82, 2.24) is 0 Å². The van der Waals surface area contributed by atoms with E-state index in [-0.39, 0.29) is 11.7 Å². The summed E-state index contributed by atoms with van der Waals surface area (Å²) >= 11 is 5.98. The molecule has 3 heteroatoms. The average Bonchev–Trinajstić information content (AvgIpc) is 2.92. The van der Waals surface area contributed by atoms with E-state index in [1.807, 2.05) is 30.3 Å². The highest BCUT2D eigenvalue weighted by Crippen LogP contribution is 2.24. The van der Waals surface area contributed by atoms with Crippen molar-refractivity contribution >= 4 is 17.4 Å². The third-order valence-corrected chi connectivity index (χ3v) is 5.50. The van der Waals surface area contributed by atoms with Gasteiger partial charge in [0.25, 0.3) is 0 Å². The van der Waals surface area contributed by atoms with Gasteiger partial charge in [-0.2, -0.15) is 0 Å². The molecule has 1 saturated heterocycles. The molecule has 1 fully saturated rings. The first-order valence-corrected chi connectivity index (χ1v) is 9.80. The first-order valence-electron chi connectivity index (χ1n) is 9.42. The molecule has 132 valence electrons. The van der Waals surface area contributed by atoms with Crippen LogP contribution in [0.5, 0.6) is 0 Å². The maximum atomic E-state index is 13.1. The maximum Gasteiger partial charge on any atom is 0.170 e. The number of quaternary nitrogens is 1. The summed E-state index contributed by atoms with van der Waals surface area (Å²) in [6.45, 7) is 3.56. The highest BCUT2D eigenvalue weighted by atomic mass is 35.5. The minimum Gasteiger partial charge on any atom is -0.335 e. The molecule has 2 aromatic carbocycles. The number of rotatable bonds is 6. The summed E-state index contributed by atoms with van der Waals surface area (Å²) in [7, 11) is 0. The molecule has 0 radical (unpaired) electrons. The van der Waals surface area contributed by atoms with Gasteiger partial charge in [-0.3, -0.25) is 4.79 Å². The van der Waals surface area contributed by atoms with Crippen molar-refractivity contribution in [3.8, 4) is 0 Å². The van der Waals surface area contributed by atoms with Gasteiger partial charge in [0.1, 0.15) is 0 Å². The van der Waals surface area contributed by atoms with Crippen LogP contribution in [0.4, 0.5) is 0 Å². The molecule has 1 aliphatic heterocycles. The third-order valence-electron chi connectivity index (χ3n) is 5.24. The molecule has 0 amide bonds. The molecule has 1 unspecified atom stereocenters. The number of carbonyl (C=O) groups excluding carboxylic acids is 1. The van der Waals surface area contributed by atoms with E-state index in [9.17, 15) is 4.79 Å². The van der Waals surface area contributed by atoms with Gasteiger partial charge in [0.2, 0.25) is 0 Å². The molecule has 2 aromatic rings. The van der Waals surface area contributed by atoms with Crippen molar-refractivity contribution in [2.45, 2.75) is 38.0 Å². The van der Waals surface area contributed by atoms with Gasteiger partial charge in [-0.25, -0.2) is 0 Å². The summed E-state index contributed by atoms with van der Waals surface area (Å²) in [6, 6.07) is 17.5. The van der Waals surface area contributed by atoms with Crippen LogP contribution in [0.3, 0.4) is 0 Å². The molecular formula is C22H27ClNO+. The minimum absolute atomic E-state index is 0.0712. The van der Waals surface area contributed by atoms with Crippen molar-refractivity contribution in [1.29, 1.82) is 0 Å². The lowest BCUT2D eigenvalue weighted by atomic mass is 9.88. The molecular weight excluding hydrogens is 330 g/mol. The second-order valence-electron chi connectivity index (χ2n) is 7.04. The number of hydrogen-bond acceptors (Lipinski definition) is 1. The Morgan fingerprint density at radius 1 is 0.920 bits per heavy atom. The molecule has 1 heterocycles. The van der Waals surface area contributed by atoms with E-state index in [4.69, 9.17) is 11.6 Å². The molecule has 0 bridgehead atoms. The third kappa shape index (κ3) is 5.17. The van der Waals surface area contributed by atoms with Gasteiger partial charge in [0.05, 0.1) is 25.6 Å². The fourth-order valence-electron chi connectivity index (χ4n) is 3.78. The average molecular weight is 357 g/mol.